The van der Waals surface area contributed by atoms with Crippen molar-refractivity contribution in [2.45, 2.75) is 0 Å². The Labute approximate surface area is 250 Å². The zero-order valence-corrected chi connectivity index (χ0v) is 23.7. The molecule has 200 valence electrons. The molecule has 0 saturated carbocycles. The lowest BCUT2D eigenvalue weighted by Crippen LogP contribution is -1.91. The Kier molecular flexibility index (Phi) is 4.63. The molecule has 0 aliphatic rings. The van der Waals surface area contributed by atoms with Gasteiger partial charge >= 0.3 is 0 Å². The lowest BCUT2D eigenvalue weighted by molar-refractivity contribution is 0.618. The number of rotatable bonds is 2. The van der Waals surface area contributed by atoms with Crippen molar-refractivity contribution in [1.82, 2.24) is 0 Å². The molecule has 3 heterocycles. The molecule has 3 heteroatoms. The third-order valence-electron chi connectivity index (χ3n) is 8.93. The summed E-state index contributed by atoms with van der Waals surface area (Å²) >= 11 is 1.86. The van der Waals surface area contributed by atoms with E-state index in [-0.39, 0.29) is 0 Å². The molecule has 0 amide bonds. The quantitative estimate of drug-likeness (QED) is 0.195. The molecule has 43 heavy (non-hydrogen) atoms. The Balaban J connectivity index is 1.37. The highest BCUT2D eigenvalue weighted by molar-refractivity contribution is 7.25. The van der Waals surface area contributed by atoms with E-state index in [1.807, 2.05) is 23.5 Å². The Morgan fingerprint density at radius 2 is 1.09 bits per heavy atom. The molecule has 3 aromatic heterocycles. The van der Waals surface area contributed by atoms with E-state index in [0.29, 0.717) is 0 Å². The molecule has 10 aromatic rings. The van der Waals surface area contributed by atoms with Gasteiger partial charge < -0.3 is 8.83 Å². The van der Waals surface area contributed by atoms with Crippen LogP contribution in [0.3, 0.4) is 0 Å². The second kappa shape index (κ2) is 8.57. The second-order valence-electron chi connectivity index (χ2n) is 11.2. The maximum atomic E-state index is 6.65. The van der Waals surface area contributed by atoms with Gasteiger partial charge in [-0.2, -0.15) is 0 Å². The molecule has 2 nitrogen and oxygen atoms in total. The fourth-order valence-corrected chi connectivity index (χ4v) is 8.20. The normalized spacial score (nSPS) is 12.2. The Bertz CT molecular complexity index is 2680. The van der Waals surface area contributed by atoms with Gasteiger partial charge in [0.25, 0.3) is 0 Å². The molecular formula is C40H22O2S. The minimum Gasteiger partial charge on any atom is -0.464 e. The second-order valence-corrected chi connectivity index (χ2v) is 12.3. The van der Waals surface area contributed by atoms with E-state index in [4.69, 9.17) is 8.83 Å². The summed E-state index contributed by atoms with van der Waals surface area (Å²) in [6, 6.07) is 45.9. The van der Waals surface area contributed by atoms with Gasteiger partial charge in [0.15, 0.2) is 0 Å². The van der Waals surface area contributed by atoms with Crippen molar-refractivity contribution < 1.29 is 8.83 Å². The summed E-state index contributed by atoms with van der Waals surface area (Å²) in [5.41, 5.74) is 7.35. The zero-order valence-electron chi connectivity index (χ0n) is 22.9. The van der Waals surface area contributed by atoms with Crippen LogP contribution in [0, 0.1) is 0 Å². The van der Waals surface area contributed by atoms with Crippen molar-refractivity contribution in [2.75, 3.05) is 0 Å². The van der Waals surface area contributed by atoms with Gasteiger partial charge in [0.05, 0.1) is 11.6 Å². The van der Waals surface area contributed by atoms with Crippen LogP contribution in [0.5, 0.6) is 0 Å². The number of furan rings is 2. The Hall–Kier alpha value is -5.38. The van der Waals surface area contributed by atoms with Crippen molar-refractivity contribution in [3.63, 3.8) is 0 Å². The largest absolute Gasteiger partial charge is 0.464 e. The fraction of sp³-hybridized carbons (Fsp3) is 0. The smallest absolute Gasteiger partial charge is 0.147 e. The van der Waals surface area contributed by atoms with Crippen molar-refractivity contribution in [3.05, 3.63) is 134 Å². The number of hydrogen-bond donors (Lipinski definition) is 0. The molecule has 0 N–H and O–H groups in total. The number of fused-ring (bicyclic) bond motifs is 10. The van der Waals surface area contributed by atoms with Crippen molar-refractivity contribution >= 4 is 86.0 Å². The van der Waals surface area contributed by atoms with Gasteiger partial charge in [0.1, 0.15) is 16.7 Å². The zero-order chi connectivity index (χ0) is 28.1. The van der Waals surface area contributed by atoms with Crippen molar-refractivity contribution in [1.29, 1.82) is 0 Å². The molecule has 7 aromatic carbocycles. The highest BCUT2D eigenvalue weighted by Crippen LogP contribution is 2.49. The molecule has 0 unspecified atom stereocenters. The molecule has 0 spiro atoms. The van der Waals surface area contributed by atoms with Crippen LogP contribution in [0.4, 0.5) is 0 Å². The van der Waals surface area contributed by atoms with E-state index in [2.05, 4.69) is 115 Å². The lowest BCUT2D eigenvalue weighted by Gasteiger charge is -2.18. The summed E-state index contributed by atoms with van der Waals surface area (Å²) in [4.78, 5) is 0. The monoisotopic (exact) mass is 566 g/mol. The molecule has 0 aliphatic carbocycles. The molecule has 0 fully saturated rings. The Morgan fingerprint density at radius 1 is 0.465 bits per heavy atom. The minimum absolute atomic E-state index is 0.859. The van der Waals surface area contributed by atoms with Crippen LogP contribution in [0.25, 0.3) is 96.9 Å². The van der Waals surface area contributed by atoms with Gasteiger partial charge in [-0.3, -0.25) is 0 Å². The van der Waals surface area contributed by atoms with E-state index in [9.17, 15) is 0 Å². The standard InChI is InChI=1S/C40H22O2S/c1-3-12-28-26(10-1)36(23-17-18-35-31(21-23)25-9-6-8-16-34(25)43-35)27-11-2-4-13-29(27)37(28)32-22-24-19-20-41-39(24)38-30-14-5-7-15-33(30)42-40(32)38/h1-22H. The first-order chi connectivity index (χ1) is 21.3. The van der Waals surface area contributed by atoms with Crippen LogP contribution in [0.2, 0.25) is 0 Å². The summed E-state index contributed by atoms with van der Waals surface area (Å²) in [5.74, 6) is 0. The van der Waals surface area contributed by atoms with E-state index in [1.54, 1.807) is 6.26 Å². The van der Waals surface area contributed by atoms with E-state index >= 15 is 0 Å². The highest BCUT2D eigenvalue weighted by atomic mass is 32.1. The van der Waals surface area contributed by atoms with Gasteiger partial charge in [0.2, 0.25) is 0 Å². The number of para-hydroxylation sites is 1. The summed E-state index contributed by atoms with van der Waals surface area (Å²) in [7, 11) is 0. The lowest BCUT2D eigenvalue weighted by atomic mass is 9.85. The minimum atomic E-state index is 0.859. The van der Waals surface area contributed by atoms with Gasteiger partial charge in [0, 0.05) is 42.1 Å². The van der Waals surface area contributed by atoms with Gasteiger partial charge in [-0.05, 0) is 69.1 Å². The summed E-state index contributed by atoms with van der Waals surface area (Å²) in [6.45, 7) is 0. The van der Waals surface area contributed by atoms with Crippen molar-refractivity contribution in [2.24, 2.45) is 0 Å². The molecule has 0 atom stereocenters. The maximum Gasteiger partial charge on any atom is 0.147 e. The van der Waals surface area contributed by atoms with Gasteiger partial charge in [-0.1, -0.05) is 91.0 Å². The van der Waals surface area contributed by atoms with Crippen LogP contribution in [0.1, 0.15) is 0 Å². The summed E-state index contributed by atoms with van der Waals surface area (Å²) in [6.07, 6.45) is 1.78. The SMILES string of the molecule is c1ccc2c(c1)oc1c(-c3c4ccccc4c(-c4ccc5sc6ccccc6c5c4)c4ccccc34)cc3ccoc3c12. The first-order valence-corrected chi connectivity index (χ1v) is 15.3. The number of hydrogen-bond acceptors (Lipinski definition) is 3. The summed E-state index contributed by atoms with van der Waals surface area (Å²) < 4.78 is 15.3. The van der Waals surface area contributed by atoms with Gasteiger partial charge in [-0.15, -0.1) is 11.3 Å². The first kappa shape index (κ1) is 23.2. The molecule has 0 radical (unpaired) electrons. The maximum absolute atomic E-state index is 6.65. The highest BCUT2D eigenvalue weighted by Gasteiger charge is 2.23. The molecule has 0 saturated heterocycles. The number of benzene rings is 7. The van der Waals surface area contributed by atoms with Crippen LogP contribution < -0.4 is 0 Å². The average molecular weight is 567 g/mol. The third kappa shape index (κ3) is 3.17. The molecule has 0 bridgehead atoms. The molecule has 0 aliphatic heterocycles. The van der Waals surface area contributed by atoms with Crippen LogP contribution in [0.15, 0.2) is 142 Å². The van der Waals surface area contributed by atoms with Crippen LogP contribution in [-0.4, -0.2) is 0 Å². The van der Waals surface area contributed by atoms with Crippen LogP contribution in [-0.2, 0) is 0 Å². The molecule has 10 rings (SSSR count). The predicted molar refractivity (Wildman–Crippen MR) is 182 cm³/mol. The number of thiophene rings is 1. The predicted octanol–water partition coefficient (Wildman–Crippen LogP) is 12.3. The fourth-order valence-electron chi connectivity index (χ4n) is 7.11. The topological polar surface area (TPSA) is 26.3 Å². The van der Waals surface area contributed by atoms with E-state index < -0.39 is 0 Å². The molecular weight excluding hydrogens is 545 g/mol. The van der Waals surface area contributed by atoms with E-state index in [1.165, 1.54) is 58.4 Å². The first-order valence-electron chi connectivity index (χ1n) is 14.5. The van der Waals surface area contributed by atoms with Crippen molar-refractivity contribution in [3.8, 4) is 22.3 Å². The van der Waals surface area contributed by atoms with Gasteiger partial charge in [-0.25, -0.2) is 0 Å². The van der Waals surface area contributed by atoms with E-state index in [0.717, 1.165) is 38.5 Å². The third-order valence-corrected chi connectivity index (χ3v) is 10.1. The average Bonchev–Trinajstić information content (AvgIpc) is 3.78. The van der Waals surface area contributed by atoms with Crippen LogP contribution >= 0.6 is 11.3 Å². The Morgan fingerprint density at radius 3 is 1.86 bits per heavy atom. The summed E-state index contributed by atoms with van der Waals surface area (Å²) in [5, 5.41) is 10.7.